The third kappa shape index (κ3) is 4.13. The number of hydrogen-bond acceptors (Lipinski definition) is 2. The summed E-state index contributed by atoms with van der Waals surface area (Å²) in [5.74, 6) is -0.904. The van der Waals surface area contributed by atoms with Gasteiger partial charge in [-0.2, -0.15) is 0 Å². The lowest BCUT2D eigenvalue weighted by Gasteiger charge is -2.23. The van der Waals surface area contributed by atoms with E-state index in [1.165, 1.54) is 0 Å². The Kier molecular flexibility index (Phi) is 3.96. The number of carboxylic acid groups (broad SMARTS) is 1. The molecule has 0 aliphatic carbocycles. The van der Waals surface area contributed by atoms with Gasteiger partial charge < -0.3 is 10.4 Å². The molecule has 0 aliphatic rings. The molecule has 0 aromatic carbocycles. The number of rotatable bonds is 5. The van der Waals surface area contributed by atoms with Gasteiger partial charge in [0.1, 0.15) is 0 Å². The summed E-state index contributed by atoms with van der Waals surface area (Å²) in [7, 11) is 1.85. The van der Waals surface area contributed by atoms with E-state index in [2.05, 4.69) is 11.9 Å². The van der Waals surface area contributed by atoms with Crippen molar-refractivity contribution in [2.24, 2.45) is 5.41 Å². The molecule has 0 aromatic rings. The van der Waals surface area contributed by atoms with Gasteiger partial charge in [-0.05, 0) is 18.9 Å². The van der Waals surface area contributed by atoms with Crippen LogP contribution in [0.15, 0.2) is 12.2 Å². The molecule has 3 heteroatoms. The first-order valence-corrected chi connectivity index (χ1v) is 3.95. The highest BCUT2D eigenvalue weighted by atomic mass is 16.4. The Labute approximate surface area is 73.5 Å². The highest BCUT2D eigenvalue weighted by molar-refractivity contribution is 5.85. The van der Waals surface area contributed by atoms with Crippen molar-refractivity contribution in [3.05, 3.63) is 12.2 Å². The SMILES string of the molecule is C=C(CC(C)(C)CNC)C(=O)O. The highest BCUT2D eigenvalue weighted by Crippen LogP contribution is 2.23. The van der Waals surface area contributed by atoms with E-state index in [0.717, 1.165) is 6.54 Å². The molecule has 0 bridgehead atoms. The van der Waals surface area contributed by atoms with Gasteiger partial charge in [0.05, 0.1) is 0 Å². The minimum atomic E-state index is -0.904. The van der Waals surface area contributed by atoms with Crippen LogP contribution in [0.1, 0.15) is 20.3 Å². The van der Waals surface area contributed by atoms with Crippen LogP contribution in [0.25, 0.3) is 0 Å². The molecule has 2 N–H and O–H groups in total. The van der Waals surface area contributed by atoms with Crippen LogP contribution in [0, 0.1) is 5.41 Å². The largest absolute Gasteiger partial charge is 0.478 e. The van der Waals surface area contributed by atoms with E-state index in [4.69, 9.17) is 5.11 Å². The molecule has 3 nitrogen and oxygen atoms in total. The summed E-state index contributed by atoms with van der Waals surface area (Å²) < 4.78 is 0. The van der Waals surface area contributed by atoms with Crippen LogP contribution in [0.5, 0.6) is 0 Å². The van der Waals surface area contributed by atoms with Crippen LogP contribution in [0.2, 0.25) is 0 Å². The fourth-order valence-corrected chi connectivity index (χ4v) is 1.19. The molecule has 0 unspecified atom stereocenters. The zero-order valence-corrected chi connectivity index (χ0v) is 7.98. The van der Waals surface area contributed by atoms with Crippen molar-refractivity contribution in [2.45, 2.75) is 20.3 Å². The Hall–Kier alpha value is -0.830. The van der Waals surface area contributed by atoms with E-state index in [1.54, 1.807) is 0 Å². The van der Waals surface area contributed by atoms with Crippen LogP contribution in [0.3, 0.4) is 0 Å². The van der Waals surface area contributed by atoms with Crippen molar-refractivity contribution in [1.29, 1.82) is 0 Å². The summed E-state index contributed by atoms with van der Waals surface area (Å²) in [6.45, 7) is 8.31. The van der Waals surface area contributed by atoms with Gasteiger partial charge in [-0.15, -0.1) is 0 Å². The normalized spacial score (nSPS) is 11.2. The van der Waals surface area contributed by atoms with E-state index < -0.39 is 5.97 Å². The quantitative estimate of drug-likeness (QED) is 0.612. The van der Waals surface area contributed by atoms with Gasteiger partial charge in [0.2, 0.25) is 0 Å². The zero-order chi connectivity index (χ0) is 9.78. The molecule has 0 fully saturated rings. The topological polar surface area (TPSA) is 49.3 Å². The van der Waals surface area contributed by atoms with Crippen LogP contribution >= 0.6 is 0 Å². The van der Waals surface area contributed by atoms with E-state index in [9.17, 15) is 4.79 Å². The number of carbonyl (C=O) groups is 1. The molecule has 0 radical (unpaired) electrons. The smallest absolute Gasteiger partial charge is 0.330 e. The first kappa shape index (κ1) is 11.2. The average molecular weight is 171 g/mol. The summed E-state index contributed by atoms with van der Waals surface area (Å²) in [6.07, 6.45) is 0.517. The molecule has 0 heterocycles. The van der Waals surface area contributed by atoms with Gasteiger partial charge in [-0.3, -0.25) is 0 Å². The predicted octanol–water partition coefficient (Wildman–Crippen LogP) is 1.26. The summed E-state index contributed by atoms with van der Waals surface area (Å²) in [6, 6.07) is 0. The monoisotopic (exact) mass is 171 g/mol. The Morgan fingerprint density at radius 1 is 1.58 bits per heavy atom. The molecule has 0 atom stereocenters. The fourth-order valence-electron chi connectivity index (χ4n) is 1.19. The van der Waals surface area contributed by atoms with Crippen molar-refractivity contribution < 1.29 is 9.90 Å². The molecule has 0 amide bonds. The summed E-state index contributed by atoms with van der Waals surface area (Å²) >= 11 is 0. The first-order valence-electron chi connectivity index (χ1n) is 3.95. The van der Waals surface area contributed by atoms with Crippen LogP contribution < -0.4 is 5.32 Å². The summed E-state index contributed by atoms with van der Waals surface area (Å²) in [5, 5.41) is 11.6. The predicted molar refractivity (Wildman–Crippen MR) is 49.1 cm³/mol. The fraction of sp³-hybridized carbons (Fsp3) is 0.667. The van der Waals surface area contributed by atoms with E-state index in [-0.39, 0.29) is 11.0 Å². The maximum Gasteiger partial charge on any atom is 0.330 e. The van der Waals surface area contributed by atoms with E-state index in [1.807, 2.05) is 20.9 Å². The van der Waals surface area contributed by atoms with Gasteiger partial charge in [-0.25, -0.2) is 4.79 Å². The lowest BCUT2D eigenvalue weighted by molar-refractivity contribution is -0.133. The van der Waals surface area contributed by atoms with Gasteiger partial charge >= 0.3 is 5.97 Å². The van der Waals surface area contributed by atoms with Crippen molar-refractivity contribution in [1.82, 2.24) is 5.32 Å². The third-order valence-corrected chi connectivity index (χ3v) is 1.65. The molecule has 0 aliphatic heterocycles. The number of hydrogen-bond donors (Lipinski definition) is 2. The molecule has 70 valence electrons. The molecular weight excluding hydrogens is 154 g/mol. The molecule has 12 heavy (non-hydrogen) atoms. The molecular formula is C9H17NO2. The average Bonchev–Trinajstić information content (AvgIpc) is 1.85. The lowest BCUT2D eigenvalue weighted by Crippen LogP contribution is -2.28. The molecule has 0 saturated carbocycles. The molecule has 0 spiro atoms. The number of nitrogens with one attached hydrogen (secondary N) is 1. The summed E-state index contributed by atoms with van der Waals surface area (Å²) in [4.78, 5) is 10.5. The van der Waals surface area contributed by atoms with Gasteiger partial charge in [0.15, 0.2) is 0 Å². The summed E-state index contributed by atoms with van der Waals surface area (Å²) in [5.41, 5.74) is 0.236. The lowest BCUT2D eigenvalue weighted by atomic mass is 9.86. The molecule has 0 rings (SSSR count). The molecule has 0 aromatic heterocycles. The van der Waals surface area contributed by atoms with Crippen LogP contribution in [-0.4, -0.2) is 24.7 Å². The van der Waals surface area contributed by atoms with E-state index >= 15 is 0 Å². The Bertz CT molecular complexity index is 185. The second kappa shape index (κ2) is 4.26. The minimum absolute atomic E-state index is 0.0375. The molecule has 0 saturated heterocycles. The van der Waals surface area contributed by atoms with E-state index in [0.29, 0.717) is 6.42 Å². The second-order valence-electron chi connectivity index (χ2n) is 3.78. The zero-order valence-electron chi connectivity index (χ0n) is 7.98. The number of aliphatic carboxylic acids is 1. The van der Waals surface area contributed by atoms with Gasteiger partial charge in [0.25, 0.3) is 0 Å². The first-order chi connectivity index (χ1) is 5.39. The Balaban J connectivity index is 4.05. The Morgan fingerprint density at radius 3 is 2.42 bits per heavy atom. The van der Waals surface area contributed by atoms with Crippen molar-refractivity contribution in [3.8, 4) is 0 Å². The van der Waals surface area contributed by atoms with Crippen molar-refractivity contribution in [3.63, 3.8) is 0 Å². The highest BCUT2D eigenvalue weighted by Gasteiger charge is 2.20. The standard InChI is InChI=1S/C9H17NO2/c1-7(8(11)12)5-9(2,3)6-10-4/h10H,1,5-6H2,2-4H3,(H,11,12). The van der Waals surface area contributed by atoms with Gasteiger partial charge in [0, 0.05) is 12.1 Å². The van der Waals surface area contributed by atoms with Crippen LogP contribution in [0.4, 0.5) is 0 Å². The minimum Gasteiger partial charge on any atom is -0.478 e. The Morgan fingerprint density at radius 2 is 2.08 bits per heavy atom. The maximum atomic E-state index is 10.5. The van der Waals surface area contributed by atoms with Crippen molar-refractivity contribution in [2.75, 3.05) is 13.6 Å². The number of carboxylic acids is 1. The van der Waals surface area contributed by atoms with Crippen LogP contribution in [-0.2, 0) is 4.79 Å². The van der Waals surface area contributed by atoms with Gasteiger partial charge in [-0.1, -0.05) is 20.4 Å². The maximum absolute atomic E-state index is 10.5. The second-order valence-corrected chi connectivity index (χ2v) is 3.78. The van der Waals surface area contributed by atoms with Crippen molar-refractivity contribution >= 4 is 5.97 Å². The third-order valence-electron chi connectivity index (χ3n) is 1.65.